The van der Waals surface area contributed by atoms with Gasteiger partial charge in [-0.05, 0) is 31.1 Å². The molecular formula is C20H34O5. The molecule has 5 nitrogen and oxygen atoms in total. The average Bonchev–Trinajstić information content (AvgIpc) is 2.69. The van der Waals surface area contributed by atoms with Gasteiger partial charge in [-0.1, -0.05) is 48.0 Å². The second-order valence-corrected chi connectivity index (χ2v) is 8.59. The fourth-order valence-electron chi connectivity index (χ4n) is 3.52. The zero-order valence-corrected chi connectivity index (χ0v) is 16.4. The predicted molar refractivity (Wildman–Crippen MR) is 95.9 cm³/mol. The van der Waals surface area contributed by atoms with Crippen LogP contribution in [0.15, 0.2) is 0 Å². The van der Waals surface area contributed by atoms with Crippen LogP contribution in [0.1, 0.15) is 67.2 Å². The molecule has 0 saturated heterocycles. The lowest BCUT2D eigenvalue weighted by Crippen LogP contribution is -2.52. The highest BCUT2D eigenvalue weighted by Crippen LogP contribution is 2.42. The molecule has 1 aliphatic carbocycles. The third-order valence-corrected chi connectivity index (χ3v) is 5.23. The van der Waals surface area contributed by atoms with E-state index in [9.17, 15) is 24.6 Å². The second-order valence-electron chi connectivity index (χ2n) is 8.59. The molecule has 0 aromatic carbocycles. The molecule has 0 aromatic rings. The number of Topliss-reactive ketones (excluding diaryl/α,β-unsaturated/α-hetero) is 3. The number of carbonyl (C=O) groups is 3. The molecule has 0 radical (unpaired) electrons. The lowest BCUT2D eigenvalue weighted by molar-refractivity contribution is -0.158. The Morgan fingerprint density at radius 3 is 1.96 bits per heavy atom. The summed E-state index contributed by atoms with van der Waals surface area (Å²) in [7, 11) is 0. The molecule has 25 heavy (non-hydrogen) atoms. The van der Waals surface area contributed by atoms with Crippen molar-refractivity contribution in [1.82, 2.24) is 0 Å². The summed E-state index contributed by atoms with van der Waals surface area (Å²) in [4.78, 5) is 38.1. The van der Waals surface area contributed by atoms with Crippen LogP contribution in [0.4, 0.5) is 0 Å². The number of hydrogen-bond donors (Lipinski definition) is 2. The quantitative estimate of drug-likeness (QED) is 0.621. The zero-order chi connectivity index (χ0) is 19.5. The summed E-state index contributed by atoms with van der Waals surface area (Å²) in [6.45, 7) is 11.2. The van der Waals surface area contributed by atoms with Gasteiger partial charge in [-0.25, -0.2) is 0 Å². The molecule has 1 fully saturated rings. The Kier molecular flexibility index (Phi) is 7.51. The van der Waals surface area contributed by atoms with Gasteiger partial charge in [0.25, 0.3) is 0 Å². The van der Waals surface area contributed by atoms with Crippen LogP contribution in [0.5, 0.6) is 0 Å². The summed E-state index contributed by atoms with van der Waals surface area (Å²) >= 11 is 0. The van der Waals surface area contributed by atoms with Crippen LogP contribution < -0.4 is 0 Å². The van der Waals surface area contributed by atoms with Crippen LogP contribution in [-0.2, 0) is 14.4 Å². The summed E-state index contributed by atoms with van der Waals surface area (Å²) in [5.41, 5.74) is -2.14. The SMILES string of the molecule is CC(C)CCC(O)[C@]1(O)C(=O)C(C(=O)C(C)C)C(=O)[C@@H]1CCC(C)C. The predicted octanol–water partition coefficient (Wildman–Crippen LogP) is 2.56. The van der Waals surface area contributed by atoms with Crippen LogP contribution in [0.2, 0.25) is 0 Å². The van der Waals surface area contributed by atoms with Crippen LogP contribution in [0, 0.1) is 29.6 Å². The van der Waals surface area contributed by atoms with Crippen molar-refractivity contribution in [3.8, 4) is 0 Å². The molecule has 0 spiro atoms. The Morgan fingerprint density at radius 2 is 1.52 bits per heavy atom. The topological polar surface area (TPSA) is 91.7 Å². The average molecular weight is 354 g/mol. The first kappa shape index (κ1) is 22.0. The Morgan fingerprint density at radius 1 is 1.00 bits per heavy atom. The molecule has 1 saturated carbocycles. The number of hydrogen-bond acceptors (Lipinski definition) is 5. The van der Waals surface area contributed by atoms with Crippen molar-refractivity contribution in [2.45, 2.75) is 78.9 Å². The van der Waals surface area contributed by atoms with Gasteiger partial charge >= 0.3 is 0 Å². The van der Waals surface area contributed by atoms with Gasteiger partial charge < -0.3 is 10.2 Å². The maximum atomic E-state index is 12.9. The van der Waals surface area contributed by atoms with Crippen molar-refractivity contribution < 1.29 is 24.6 Å². The highest BCUT2D eigenvalue weighted by Gasteiger charge is 2.64. The van der Waals surface area contributed by atoms with Gasteiger partial charge in [0.1, 0.15) is 5.92 Å². The normalized spacial score (nSPS) is 28.4. The Hall–Kier alpha value is -1.07. The molecule has 1 rings (SSSR count). The molecule has 0 aromatic heterocycles. The molecule has 1 aliphatic rings. The lowest BCUT2D eigenvalue weighted by Gasteiger charge is -2.33. The van der Waals surface area contributed by atoms with E-state index in [-0.39, 0.29) is 6.42 Å². The first-order chi connectivity index (χ1) is 11.4. The van der Waals surface area contributed by atoms with Crippen LogP contribution in [0.25, 0.3) is 0 Å². The van der Waals surface area contributed by atoms with E-state index in [1.807, 2.05) is 27.7 Å². The minimum Gasteiger partial charge on any atom is -0.390 e. The highest BCUT2D eigenvalue weighted by molar-refractivity contribution is 6.27. The summed E-state index contributed by atoms with van der Waals surface area (Å²) in [5, 5.41) is 21.7. The first-order valence-corrected chi connectivity index (χ1v) is 9.46. The summed E-state index contributed by atoms with van der Waals surface area (Å²) in [6.07, 6.45) is 0.483. The molecule has 0 aliphatic heterocycles. The minimum absolute atomic E-state index is 0.230. The monoisotopic (exact) mass is 354 g/mol. The largest absolute Gasteiger partial charge is 0.390 e. The molecule has 5 heteroatoms. The van der Waals surface area contributed by atoms with Crippen LogP contribution >= 0.6 is 0 Å². The van der Waals surface area contributed by atoms with Crippen molar-refractivity contribution in [2.24, 2.45) is 29.6 Å². The molecule has 2 N–H and O–H groups in total. The van der Waals surface area contributed by atoms with Crippen molar-refractivity contribution in [2.75, 3.05) is 0 Å². The molecule has 2 unspecified atom stereocenters. The number of aliphatic hydroxyl groups is 2. The van der Waals surface area contributed by atoms with Gasteiger partial charge in [-0.2, -0.15) is 0 Å². The van der Waals surface area contributed by atoms with Crippen LogP contribution in [-0.4, -0.2) is 39.3 Å². The minimum atomic E-state index is -2.14. The van der Waals surface area contributed by atoms with Crippen molar-refractivity contribution in [1.29, 1.82) is 0 Å². The maximum absolute atomic E-state index is 12.9. The second kappa shape index (κ2) is 8.54. The number of aliphatic hydroxyl groups excluding tert-OH is 1. The van der Waals surface area contributed by atoms with Crippen molar-refractivity contribution >= 4 is 17.3 Å². The van der Waals surface area contributed by atoms with Crippen molar-refractivity contribution in [3.05, 3.63) is 0 Å². The molecule has 4 atom stereocenters. The Balaban J connectivity index is 3.20. The van der Waals surface area contributed by atoms with Gasteiger partial charge in [0.2, 0.25) is 0 Å². The van der Waals surface area contributed by atoms with E-state index >= 15 is 0 Å². The van der Waals surface area contributed by atoms with Gasteiger partial charge in [0.05, 0.1) is 12.0 Å². The van der Waals surface area contributed by atoms with Gasteiger partial charge in [0, 0.05) is 5.92 Å². The van der Waals surface area contributed by atoms with E-state index in [1.165, 1.54) is 0 Å². The molecule has 0 amide bonds. The fraction of sp³-hybridized carbons (Fsp3) is 0.850. The number of ketones is 3. The number of carbonyl (C=O) groups excluding carboxylic acids is 3. The molecule has 144 valence electrons. The van der Waals surface area contributed by atoms with E-state index in [0.29, 0.717) is 31.1 Å². The lowest BCUT2D eigenvalue weighted by atomic mass is 9.78. The standard InChI is InChI=1S/C20H34O5/c1-11(2)7-9-14-18(23)16(17(22)13(5)6)19(24)20(14,25)15(21)10-8-12(3)4/h11-16,21,25H,7-10H2,1-6H3/t14-,15?,16?,20-/m0/s1. The highest BCUT2D eigenvalue weighted by atomic mass is 16.4. The summed E-state index contributed by atoms with van der Waals surface area (Å²) in [5.74, 6) is -4.10. The molecule has 0 heterocycles. The zero-order valence-electron chi connectivity index (χ0n) is 16.4. The van der Waals surface area contributed by atoms with E-state index < -0.39 is 46.8 Å². The van der Waals surface area contributed by atoms with E-state index in [1.54, 1.807) is 13.8 Å². The summed E-state index contributed by atoms with van der Waals surface area (Å²) < 4.78 is 0. The third kappa shape index (κ3) is 4.56. The third-order valence-electron chi connectivity index (χ3n) is 5.23. The van der Waals surface area contributed by atoms with E-state index in [2.05, 4.69) is 0 Å². The van der Waals surface area contributed by atoms with Crippen LogP contribution in [0.3, 0.4) is 0 Å². The number of rotatable bonds is 9. The molecular weight excluding hydrogens is 320 g/mol. The Labute approximate surface area is 151 Å². The fourth-order valence-corrected chi connectivity index (χ4v) is 3.52. The summed E-state index contributed by atoms with van der Waals surface area (Å²) in [6, 6.07) is 0. The smallest absolute Gasteiger partial charge is 0.185 e. The van der Waals surface area contributed by atoms with E-state index in [0.717, 1.165) is 0 Å². The maximum Gasteiger partial charge on any atom is 0.185 e. The Bertz CT molecular complexity index is 508. The van der Waals surface area contributed by atoms with Gasteiger partial charge in [-0.15, -0.1) is 0 Å². The molecule has 0 bridgehead atoms. The van der Waals surface area contributed by atoms with Crippen molar-refractivity contribution in [3.63, 3.8) is 0 Å². The van der Waals surface area contributed by atoms with Gasteiger partial charge in [0.15, 0.2) is 23.0 Å². The van der Waals surface area contributed by atoms with E-state index in [4.69, 9.17) is 0 Å². The first-order valence-electron chi connectivity index (χ1n) is 9.46. The van der Waals surface area contributed by atoms with Gasteiger partial charge in [-0.3, -0.25) is 14.4 Å².